The van der Waals surface area contributed by atoms with Crippen LogP contribution in [0.25, 0.3) is 0 Å². The molecule has 1 aromatic rings. The number of rotatable bonds is 5. The molecule has 0 aromatic carbocycles. The predicted molar refractivity (Wildman–Crippen MR) is 78.4 cm³/mol. The van der Waals surface area contributed by atoms with Gasteiger partial charge in [0.05, 0.1) is 13.2 Å². The van der Waals surface area contributed by atoms with Crippen LogP contribution in [-0.4, -0.2) is 48.0 Å². The van der Waals surface area contributed by atoms with Gasteiger partial charge in [0.1, 0.15) is 12.2 Å². The number of nitrogens with zero attached hydrogens (tertiary/aromatic N) is 2. The third-order valence-electron chi connectivity index (χ3n) is 2.61. The number of nitrogens with two attached hydrogens (primary N) is 1. The van der Waals surface area contributed by atoms with Gasteiger partial charge in [-0.05, 0) is 26.0 Å². The highest BCUT2D eigenvalue weighted by molar-refractivity contribution is 5.94. The first-order valence-corrected chi connectivity index (χ1v) is 6.72. The number of likely N-dealkylation sites (N-methyl/N-ethyl adjacent to an activating group) is 1. The van der Waals surface area contributed by atoms with Gasteiger partial charge < -0.3 is 15.4 Å². The summed E-state index contributed by atoms with van der Waals surface area (Å²) in [4.78, 5) is 29.1. The van der Waals surface area contributed by atoms with Crippen molar-refractivity contribution >= 4 is 11.9 Å². The second-order valence-electron chi connectivity index (χ2n) is 4.06. The van der Waals surface area contributed by atoms with Crippen LogP contribution in [0.1, 0.15) is 29.9 Å². The maximum absolute atomic E-state index is 12.2. The van der Waals surface area contributed by atoms with Gasteiger partial charge in [-0.25, -0.2) is 4.98 Å². The molecule has 0 atom stereocenters. The average molecular weight is 289 g/mol. The summed E-state index contributed by atoms with van der Waals surface area (Å²) in [7, 11) is 0. The highest BCUT2D eigenvalue weighted by Crippen LogP contribution is 2.04. The molecular weight excluding hydrogens is 270 g/mol. The van der Waals surface area contributed by atoms with Crippen molar-refractivity contribution in [1.82, 2.24) is 9.88 Å². The Morgan fingerprint density at radius 3 is 2.67 bits per heavy atom. The van der Waals surface area contributed by atoms with Crippen LogP contribution in [0, 0.1) is 11.8 Å². The van der Waals surface area contributed by atoms with Crippen LogP contribution in [0.5, 0.6) is 0 Å². The molecule has 112 valence electrons. The number of aromatic nitrogens is 1. The summed E-state index contributed by atoms with van der Waals surface area (Å²) < 4.78 is 4.84. The second-order valence-corrected chi connectivity index (χ2v) is 4.06. The van der Waals surface area contributed by atoms with Crippen molar-refractivity contribution in [2.75, 3.05) is 26.2 Å². The van der Waals surface area contributed by atoms with E-state index in [1.165, 1.54) is 11.1 Å². The van der Waals surface area contributed by atoms with E-state index in [1.807, 2.05) is 0 Å². The maximum atomic E-state index is 12.2. The fourth-order valence-corrected chi connectivity index (χ4v) is 1.60. The SMILES string of the molecule is CCOC(=O)CN(CC)C(=O)c1ccc(C#CCN)cn1. The molecule has 1 heterocycles. The molecule has 0 aliphatic rings. The van der Waals surface area contributed by atoms with Crippen LogP contribution >= 0.6 is 0 Å². The van der Waals surface area contributed by atoms with Crippen molar-refractivity contribution in [3.63, 3.8) is 0 Å². The molecule has 0 aliphatic heterocycles. The zero-order valence-electron chi connectivity index (χ0n) is 12.3. The fourth-order valence-electron chi connectivity index (χ4n) is 1.60. The summed E-state index contributed by atoms with van der Waals surface area (Å²) in [6.45, 7) is 4.38. The lowest BCUT2D eigenvalue weighted by Gasteiger charge is -2.19. The minimum absolute atomic E-state index is 0.0837. The predicted octanol–water partition coefficient (Wildman–Crippen LogP) is 0.417. The van der Waals surface area contributed by atoms with Gasteiger partial charge >= 0.3 is 5.97 Å². The van der Waals surface area contributed by atoms with Crippen LogP contribution in [0.4, 0.5) is 0 Å². The average Bonchev–Trinajstić information content (AvgIpc) is 2.50. The minimum Gasteiger partial charge on any atom is -0.465 e. The Balaban J connectivity index is 2.78. The largest absolute Gasteiger partial charge is 0.465 e. The summed E-state index contributed by atoms with van der Waals surface area (Å²) in [5.74, 6) is 4.79. The quantitative estimate of drug-likeness (QED) is 0.627. The molecule has 1 aromatic heterocycles. The fraction of sp³-hybridized carbons (Fsp3) is 0.400. The molecule has 6 heteroatoms. The molecule has 0 saturated carbocycles. The summed E-state index contributed by atoms with van der Waals surface area (Å²) in [6, 6.07) is 3.28. The van der Waals surface area contributed by atoms with Gasteiger partial charge in [0.2, 0.25) is 0 Å². The van der Waals surface area contributed by atoms with E-state index in [2.05, 4.69) is 16.8 Å². The van der Waals surface area contributed by atoms with Gasteiger partial charge in [-0.3, -0.25) is 9.59 Å². The van der Waals surface area contributed by atoms with Crippen LogP contribution in [0.2, 0.25) is 0 Å². The molecule has 0 saturated heterocycles. The second kappa shape index (κ2) is 8.72. The van der Waals surface area contributed by atoms with E-state index >= 15 is 0 Å². The van der Waals surface area contributed by atoms with Gasteiger partial charge in [-0.15, -0.1) is 0 Å². The van der Waals surface area contributed by atoms with Crippen molar-refractivity contribution < 1.29 is 14.3 Å². The molecule has 0 fully saturated rings. The van der Waals surface area contributed by atoms with Crippen LogP contribution in [0.3, 0.4) is 0 Å². The van der Waals surface area contributed by atoms with Crippen molar-refractivity contribution in [3.8, 4) is 11.8 Å². The molecule has 1 amide bonds. The highest BCUT2D eigenvalue weighted by Gasteiger charge is 2.18. The summed E-state index contributed by atoms with van der Waals surface area (Å²) >= 11 is 0. The lowest BCUT2D eigenvalue weighted by Crippen LogP contribution is -2.36. The number of esters is 1. The van der Waals surface area contributed by atoms with Gasteiger partial charge in [0, 0.05) is 18.3 Å². The molecule has 0 spiro atoms. The number of hydrogen-bond donors (Lipinski definition) is 1. The first kappa shape index (κ1) is 16.7. The Kier molecular flexibility index (Phi) is 6.92. The Morgan fingerprint density at radius 2 is 2.14 bits per heavy atom. The third kappa shape index (κ3) is 5.24. The standard InChI is InChI=1S/C15H19N3O3/c1-3-18(11-14(19)21-4-2)15(20)13-8-7-12(10-17-13)6-5-9-16/h7-8,10H,3-4,9,11,16H2,1-2H3. The normalized spacial score (nSPS) is 9.48. The molecule has 0 aliphatic carbocycles. The van der Waals surface area contributed by atoms with Gasteiger partial charge in [-0.2, -0.15) is 0 Å². The molecular formula is C15H19N3O3. The van der Waals surface area contributed by atoms with E-state index in [0.717, 1.165) is 0 Å². The zero-order chi connectivity index (χ0) is 15.7. The Hall–Kier alpha value is -2.39. The number of pyridine rings is 1. The summed E-state index contributed by atoms with van der Waals surface area (Å²) in [6.07, 6.45) is 1.51. The van der Waals surface area contributed by atoms with Crippen LogP contribution < -0.4 is 5.73 Å². The molecule has 0 unspecified atom stereocenters. The van der Waals surface area contributed by atoms with Crippen molar-refractivity contribution in [1.29, 1.82) is 0 Å². The molecule has 6 nitrogen and oxygen atoms in total. The highest BCUT2D eigenvalue weighted by atomic mass is 16.5. The number of carbonyl (C=O) groups is 2. The summed E-state index contributed by atoms with van der Waals surface area (Å²) in [5.41, 5.74) is 6.23. The van der Waals surface area contributed by atoms with E-state index in [0.29, 0.717) is 12.1 Å². The van der Waals surface area contributed by atoms with Crippen LogP contribution in [0.15, 0.2) is 18.3 Å². The topological polar surface area (TPSA) is 85.5 Å². The van der Waals surface area contributed by atoms with Crippen molar-refractivity contribution in [2.45, 2.75) is 13.8 Å². The number of hydrogen-bond acceptors (Lipinski definition) is 5. The van der Waals surface area contributed by atoms with E-state index in [4.69, 9.17) is 10.5 Å². The van der Waals surface area contributed by atoms with Gasteiger partial charge in [-0.1, -0.05) is 11.8 Å². The van der Waals surface area contributed by atoms with E-state index in [9.17, 15) is 9.59 Å². The van der Waals surface area contributed by atoms with Crippen molar-refractivity contribution in [2.24, 2.45) is 5.73 Å². The Labute approximate surface area is 124 Å². The molecule has 21 heavy (non-hydrogen) atoms. The molecule has 0 bridgehead atoms. The molecule has 1 rings (SSSR count). The van der Waals surface area contributed by atoms with Gasteiger partial charge in [0.15, 0.2) is 0 Å². The zero-order valence-corrected chi connectivity index (χ0v) is 12.3. The van der Waals surface area contributed by atoms with E-state index < -0.39 is 5.97 Å². The van der Waals surface area contributed by atoms with Crippen molar-refractivity contribution in [3.05, 3.63) is 29.6 Å². The van der Waals surface area contributed by atoms with Crippen LogP contribution in [-0.2, 0) is 9.53 Å². The summed E-state index contributed by atoms with van der Waals surface area (Å²) in [5, 5.41) is 0. The number of ether oxygens (including phenoxy) is 1. The molecule has 0 radical (unpaired) electrons. The number of amides is 1. The first-order valence-electron chi connectivity index (χ1n) is 6.72. The lowest BCUT2D eigenvalue weighted by molar-refractivity contribution is -0.143. The maximum Gasteiger partial charge on any atom is 0.325 e. The third-order valence-corrected chi connectivity index (χ3v) is 2.61. The monoisotopic (exact) mass is 289 g/mol. The smallest absolute Gasteiger partial charge is 0.325 e. The Morgan fingerprint density at radius 1 is 1.38 bits per heavy atom. The van der Waals surface area contributed by atoms with E-state index in [1.54, 1.807) is 26.0 Å². The Bertz CT molecular complexity index is 544. The molecule has 2 N–H and O–H groups in total. The minimum atomic E-state index is -0.432. The lowest BCUT2D eigenvalue weighted by atomic mass is 10.2. The first-order chi connectivity index (χ1) is 10.1. The van der Waals surface area contributed by atoms with E-state index in [-0.39, 0.29) is 31.3 Å². The van der Waals surface area contributed by atoms with Gasteiger partial charge in [0.25, 0.3) is 5.91 Å². The number of carbonyl (C=O) groups excluding carboxylic acids is 2.